The summed E-state index contributed by atoms with van der Waals surface area (Å²) in [6, 6.07) is 3.32. The minimum Gasteiger partial charge on any atom is -0.352 e. The number of carbonyl (C=O) groups is 2. The lowest BCUT2D eigenvalue weighted by Gasteiger charge is -2.33. The third kappa shape index (κ3) is 5.49. The summed E-state index contributed by atoms with van der Waals surface area (Å²) in [5.74, 6) is -0.624. The van der Waals surface area contributed by atoms with E-state index in [2.05, 4.69) is 5.32 Å². The summed E-state index contributed by atoms with van der Waals surface area (Å²) in [5.41, 5.74) is 0.262. The lowest BCUT2D eigenvalue weighted by molar-refractivity contribution is -0.130. The van der Waals surface area contributed by atoms with Crippen molar-refractivity contribution >= 4 is 23.6 Å². The van der Waals surface area contributed by atoms with Gasteiger partial charge in [-0.25, -0.2) is 8.78 Å². The number of benzene rings is 1. The number of rotatable bonds is 5. The van der Waals surface area contributed by atoms with Gasteiger partial charge in [0.15, 0.2) is 0 Å². The SMILES string of the molecule is CC(=O)NC1CCCN(C(=O)CSCc2cc(F)ccc2F)C1. The Kier molecular flexibility index (Phi) is 6.38. The molecule has 1 fully saturated rings. The van der Waals surface area contributed by atoms with Gasteiger partial charge in [0.1, 0.15) is 11.6 Å². The van der Waals surface area contributed by atoms with Crippen LogP contribution < -0.4 is 5.32 Å². The van der Waals surface area contributed by atoms with E-state index >= 15 is 0 Å². The minimum atomic E-state index is -0.484. The molecule has 1 heterocycles. The van der Waals surface area contributed by atoms with Gasteiger partial charge in [-0.1, -0.05) is 0 Å². The summed E-state index contributed by atoms with van der Waals surface area (Å²) in [6.07, 6.45) is 1.71. The Morgan fingerprint density at radius 1 is 1.39 bits per heavy atom. The number of thioether (sulfide) groups is 1. The average molecular weight is 342 g/mol. The van der Waals surface area contributed by atoms with Crippen LogP contribution in [0.15, 0.2) is 18.2 Å². The van der Waals surface area contributed by atoms with Crippen LogP contribution in [0, 0.1) is 11.6 Å². The first-order valence-electron chi connectivity index (χ1n) is 7.52. The van der Waals surface area contributed by atoms with Gasteiger partial charge in [0.2, 0.25) is 11.8 Å². The zero-order chi connectivity index (χ0) is 16.8. The van der Waals surface area contributed by atoms with Crippen LogP contribution in [0.4, 0.5) is 8.78 Å². The normalized spacial score (nSPS) is 17.9. The van der Waals surface area contributed by atoms with Crippen LogP contribution in [0.2, 0.25) is 0 Å². The van der Waals surface area contributed by atoms with Crippen molar-refractivity contribution in [3.8, 4) is 0 Å². The second kappa shape index (κ2) is 8.29. The highest BCUT2D eigenvalue weighted by Crippen LogP contribution is 2.18. The third-order valence-electron chi connectivity index (χ3n) is 3.67. The number of piperidine rings is 1. The Morgan fingerprint density at radius 3 is 2.91 bits per heavy atom. The Morgan fingerprint density at radius 2 is 2.17 bits per heavy atom. The minimum absolute atomic E-state index is 0.00383. The summed E-state index contributed by atoms with van der Waals surface area (Å²) < 4.78 is 26.6. The van der Waals surface area contributed by atoms with Gasteiger partial charge in [-0.05, 0) is 31.0 Å². The first-order valence-corrected chi connectivity index (χ1v) is 8.67. The van der Waals surface area contributed by atoms with Crippen molar-refractivity contribution in [3.05, 3.63) is 35.4 Å². The fourth-order valence-electron chi connectivity index (χ4n) is 2.60. The predicted molar refractivity (Wildman–Crippen MR) is 85.9 cm³/mol. The van der Waals surface area contributed by atoms with Crippen molar-refractivity contribution in [1.82, 2.24) is 10.2 Å². The number of hydrogen-bond acceptors (Lipinski definition) is 3. The van der Waals surface area contributed by atoms with Gasteiger partial charge in [-0.3, -0.25) is 9.59 Å². The molecular formula is C16H20F2N2O2S. The standard InChI is InChI=1S/C16H20F2N2O2S/c1-11(21)19-14-3-2-6-20(8-14)16(22)10-23-9-12-7-13(17)4-5-15(12)18/h4-5,7,14H,2-3,6,8-10H2,1H3,(H,19,21). The Labute approximate surface area is 138 Å². The highest BCUT2D eigenvalue weighted by atomic mass is 32.2. The molecule has 1 unspecified atom stereocenters. The van der Waals surface area contributed by atoms with Crippen LogP contribution in [0.5, 0.6) is 0 Å². The molecule has 0 bridgehead atoms. The average Bonchev–Trinajstić information content (AvgIpc) is 2.50. The molecule has 0 aromatic heterocycles. The van der Waals surface area contributed by atoms with Crippen LogP contribution in [0.1, 0.15) is 25.3 Å². The highest BCUT2D eigenvalue weighted by molar-refractivity contribution is 7.99. The van der Waals surface area contributed by atoms with E-state index in [1.165, 1.54) is 18.7 Å². The maximum absolute atomic E-state index is 13.5. The van der Waals surface area contributed by atoms with Crippen LogP contribution in [-0.2, 0) is 15.3 Å². The lowest BCUT2D eigenvalue weighted by atomic mass is 10.1. The zero-order valence-corrected chi connectivity index (χ0v) is 13.8. The van der Waals surface area contributed by atoms with Crippen molar-refractivity contribution in [3.63, 3.8) is 0 Å². The molecule has 0 saturated carbocycles. The predicted octanol–water partition coefficient (Wildman–Crippen LogP) is 2.33. The Balaban J connectivity index is 1.80. The molecule has 1 aliphatic rings. The molecule has 1 atom stereocenters. The number of amides is 2. The number of hydrogen-bond donors (Lipinski definition) is 1. The smallest absolute Gasteiger partial charge is 0.232 e. The summed E-state index contributed by atoms with van der Waals surface area (Å²) in [4.78, 5) is 25.0. The second-order valence-corrected chi connectivity index (χ2v) is 6.59. The van der Waals surface area contributed by atoms with Crippen LogP contribution in [-0.4, -0.2) is 41.6 Å². The molecule has 1 N–H and O–H groups in total. The summed E-state index contributed by atoms with van der Waals surface area (Å²) in [7, 11) is 0. The van der Waals surface area contributed by atoms with Gasteiger partial charge in [-0.15, -0.1) is 11.8 Å². The number of nitrogens with zero attached hydrogens (tertiary/aromatic N) is 1. The van der Waals surface area contributed by atoms with E-state index in [1.807, 2.05) is 0 Å². The zero-order valence-electron chi connectivity index (χ0n) is 13.0. The number of nitrogens with one attached hydrogen (secondary N) is 1. The quantitative estimate of drug-likeness (QED) is 0.893. The Bertz CT molecular complexity index is 583. The van der Waals surface area contributed by atoms with E-state index in [0.29, 0.717) is 13.1 Å². The van der Waals surface area contributed by atoms with Gasteiger partial charge < -0.3 is 10.2 Å². The first kappa shape index (κ1) is 17.7. The highest BCUT2D eigenvalue weighted by Gasteiger charge is 2.23. The number of halogens is 2. The fourth-order valence-corrected chi connectivity index (χ4v) is 3.50. The molecule has 1 aromatic rings. The molecule has 23 heavy (non-hydrogen) atoms. The molecule has 126 valence electrons. The molecule has 1 aromatic carbocycles. The molecule has 2 rings (SSSR count). The van der Waals surface area contributed by atoms with Gasteiger partial charge in [0.05, 0.1) is 5.75 Å². The number of carbonyl (C=O) groups excluding carboxylic acids is 2. The van der Waals surface area contributed by atoms with Gasteiger partial charge in [-0.2, -0.15) is 0 Å². The van der Waals surface area contributed by atoms with E-state index in [4.69, 9.17) is 0 Å². The molecule has 0 aliphatic carbocycles. The molecular weight excluding hydrogens is 322 g/mol. The van der Waals surface area contributed by atoms with Crippen LogP contribution in [0.25, 0.3) is 0 Å². The van der Waals surface area contributed by atoms with Crippen molar-refractivity contribution in [2.24, 2.45) is 0 Å². The molecule has 2 amide bonds. The largest absolute Gasteiger partial charge is 0.352 e. The molecule has 1 aliphatic heterocycles. The van der Waals surface area contributed by atoms with E-state index < -0.39 is 11.6 Å². The molecule has 0 radical (unpaired) electrons. The summed E-state index contributed by atoms with van der Waals surface area (Å²) >= 11 is 1.26. The lowest BCUT2D eigenvalue weighted by Crippen LogP contribution is -2.49. The van der Waals surface area contributed by atoms with Gasteiger partial charge >= 0.3 is 0 Å². The Hall–Kier alpha value is -1.63. The first-order chi connectivity index (χ1) is 11.0. The van der Waals surface area contributed by atoms with E-state index in [9.17, 15) is 18.4 Å². The van der Waals surface area contributed by atoms with E-state index in [0.717, 1.165) is 31.0 Å². The summed E-state index contributed by atoms with van der Waals surface area (Å²) in [6.45, 7) is 2.64. The summed E-state index contributed by atoms with van der Waals surface area (Å²) in [5, 5.41) is 2.83. The van der Waals surface area contributed by atoms with E-state index in [1.54, 1.807) is 4.90 Å². The van der Waals surface area contributed by atoms with Crippen molar-refractivity contribution in [2.45, 2.75) is 31.6 Å². The van der Waals surface area contributed by atoms with E-state index in [-0.39, 0.29) is 34.9 Å². The van der Waals surface area contributed by atoms with Crippen molar-refractivity contribution in [2.75, 3.05) is 18.8 Å². The van der Waals surface area contributed by atoms with Crippen molar-refractivity contribution in [1.29, 1.82) is 0 Å². The molecule has 1 saturated heterocycles. The van der Waals surface area contributed by atoms with Crippen LogP contribution >= 0.6 is 11.8 Å². The maximum Gasteiger partial charge on any atom is 0.232 e. The van der Waals surface area contributed by atoms with Crippen LogP contribution in [0.3, 0.4) is 0 Å². The molecule has 4 nitrogen and oxygen atoms in total. The second-order valence-electron chi connectivity index (χ2n) is 5.61. The third-order valence-corrected chi connectivity index (χ3v) is 4.64. The van der Waals surface area contributed by atoms with Gasteiger partial charge in [0, 0.05) is 37.4 Å². The monoisotopic (exact) mass is 342 g/mol. The topological polar surface area (TPSA) is 49.4 Å². The maximum atomic E-state index is 13.5. The fraction of sp³-hybridized carbons (Fsp3) is 0.500. The molecule has 7 heteroatoms. The molecule has 0 spiro atoms. The van der Waals surface area contributed by atoms with Gasteiger partial charge in [0.25, 0.3) is 0 Å². The number of likely N-dealkylation sites (tertiary alicyclic amines) is 1. The van der Waals surface area contributed by atoms with Crippen molar-refractivity contribution < 1.29 is 18.4 Å².